The number of nitrogens with zero attached hydrogens (tertiary/aromatic N) is 3. The molecule has 2 aromatic heterocycles. The van der Waals surface area contributed by atoms with Crippen LogP contribution in [0.25, 0.3) is 16.6 Å². The first-order valence-corrected chi connectivity index (χ1v) is 12.3. The predicted octanol–water partition coefficient (Wildman–Crippen LogP) is 3.55. The van der Waals surface area contributed by atoms with Crippen molar-refractivity contribution in [2.24, 2.45) is 0 Å². The average Bonchev–Trinajstić information content (AvgIpc) is 3.32. The minimum Gasteiger partial charge on any atom is -0.504 e. The standard InChI is InChI=1S/C27H28N4O5/c1-14-9-21-20(29-26(34)22-13-28-25(31(21)22)16-4-7-36-8-5-16)11-18(14)27(35)30-6-3-17-10-23(32)24(33)12-19(17)15(30)2/h9-13,15-16,32-33H,3-8H2,1-2H3,(H,29,34). The lowest BCUT2D eigenvalue weighted by molar-refractivity contribution is 0.0676. The molecule has 1 atom stereocenters. The molecule has 2 aliphatic heterocycles. The van der Waals surface area contributed by atoms with Crippen LogP contribution in [0, 0.1) is 6.92 Å². The minimum atomic E-state index is -0.279. The number of carbonyl (C=O) groups is 1. The van der Waals surface area contributed by atoms with E-state index in [1.54, 1.807) is 23.2 Å². The quantitative estimate of drug-likeness (QED) is 0.371. The highest BCUT2D eigenvalue weighted by Crippen LogP contribution is 2.38. The van der Waals surface area contributed by atoms with Crippen molar-refractivity contribution in [3.63, 3.8) is 0 Å². The largest absolute Gasteiger partial charge is 0.504 e. The Hall–Kier alpha value is -3.85. The van der Waals surface area contributed by atoms with Crippen molar-refractivity contribution in [3.05, 3.63) is 68.9 Å². The third-order valence-electron chi connectivity index (χ3n) is 7.71. The number of aryl methyl sites for hydroxylation is 1. The van der Waals surface area contributed by atoms with Crippen molar-refractivity contribution in [2.45, 2.75) is 45.1 Å². The fourth-order valence-corrected chi connectivity index (χ4v) is 5.69. The number of aromatic nitrogens is 3. The molecule has 2 aliphatic rings. The normalized spacial score (nSPS) is 18.6. The lowest BCUT2D eigenvalue weighted by atomic mass is 9.92. The van der Waals surface area contributed by atoms with Gasteiger partial charge in [0.05, 0.1) is 23.3 Å². The van der Waals surface area contributed by atoms with Crippen molar-refractivity contribution in [2.75, 3.05) is 19.8 Å². The Morgan fingerprint density at radius 1 is 1.11 bits per heavy atom. The van der Waals surface area contributed by atoms with Crippen LogP contribution < -0.4 is 5.56 Å². The highest BCUT2D eigenvalue weighted by molar-refractivity contribution is 5.99. The van der Waals surface area contributed by atoms with Crippen LogP contribution in [0.1, 0.15) is 64.6 Å². The minimum absolute atomic E-state index is 0.142. The Morgan fingerprint density at radius 2 is 1.86 bits per heavy atom. The Kier molecular flexibility index (Phi) is 5.26. The molecule has 186 valence electrons. The van der Waals surface area contributed by atoms with Gasteiger partial charge in [-0.05, 0) is 74.1 Å². The van der Waals surface area contributed by atoms with Crippen LogP contribution in [0.3, 0.4) is 0 Å². The third kappa shape index (κ3) is 3.45. The summed E-state index contributed by atoms with van der Waals surface area (Å²) < 4.78 is 7.44. The van der Waals surface area contributed by atoms with Gasteiger partial charge in [0.15, 0.2) is 11.5 Å². The molecule has 1 saturated heterocycles. The number of benzene rings is 2. The van der Waals surface area contributed by atoms with Crippen LogP contribution in [0.2, 0.25) is 0 Å². The van der Waals surface area contributed by atoms with Crippen LogP contribution in [-0.4, -0.2) is 55.1 Å². The number of phenols is 2. The summed E-state index contributed by atoms with van der Waals surface area (Å²) in [6.07, 6.45) is 3.90. The number of hydrogen-bond acceptors (Lipinski definition) is 6. The predicted molar refractivity (Wildman–Crippen MR) is 134 cm³/mol. The van der Waals surface area contributed by atoms with Crippen molar-refractivity contribution < 1.29 is 19.7 Å². The zero-order valence-electron chi connectivity index (χ0n) is 20.2. The fraction of sp³-hybridized carbons (Fsp3) is 0.370. The van der Waals surface area contributed by atoms with Crippen molar-refractivity contribution in [1.29, 1.82) is 0 Å². The monoisotopic (exact) mass is 488 g/mol. The third-order valence-corrected chi connectivity index (χ3v) is 7.71. The summed E-state index contributed by atoms with van der Waals surface area (Å²) in [5, 5.41) is 19.9. The van der Waals surface area contributed by atoms with Gasteiger partial charge in [-0.2, -0.15) is 0 Å². The number of ether oxygens (including phenoxy) is 1. The van der Waals surface area contributed by atoms with Crippen molar-refractivity contribution in [3.8, 4) is 11.5 Å². The van der Waals surface area contributed by atoms with E-state index in [0.29, 0.717) is 42.8 Å². The summed E-state index contributed by atoms with van der Waals surface area (Å²) in [6, 6.07) is 6.54. The maximum absolute atomic E-state index is 13.7. The number of aromatic amines is 1. The fourth-order valence-electron chi connectivity index (χ4n) is 5.69. The molecule has 6 rings (SSSR count). The Labute approximate surface area is 207 Å². The second kappa shape index (κ2) is 8.37. The molecule has 0 radical (unpaired) electrons. The van der Waals surface area contributed by atoms with Gasteiger partial charge in [0, 0.05) is 31.2 Å². The maximum atomic E-state index is 13.7. The molecular formula is C27H28N4O5. The summed E-state index contributed by atoms with van der Waals surface area (Å²) in [4.78, 5) is 36.0. The molecule has 1 unspecified atom stereocenters. The molecule has 0 spiro atoms. The van der Waals surface area contributed by atoms with Crippen LogP contribution in [0.15, 0.2) is 35.3 Å². The van der Waals surface area contributed by atoms with E-state index < -0.39 is 0 Å². The first-order valence-electron chi connectivity index (χ1n) is 12.3. The molecule has 36 heavy (non-hydrogen) atoms. The number of nitrogens with one attached hydrogen (secondary N) is 1. The number of phenolic OH excluding ortho intramolecular Hbond substituents is 2. The van der Waals surface area contributed by atoms with Gasteiger partial charge >= 0.3 is 0 Å². The van der Waals surface area contributed by atoms with Crippen molar-refractivity contribution in [1.82, 2.24) is 19.3 Å². The first-order chi connectivity index (χ1) is 17.3. The van der Waals surface area contributed by atoms with Crippen molar-refractivity contribution >= 4 is 22.5 Å². The van der Waals surface area contributed by atoms with E-state index in [9.17, 15) is 19.8 Å². The number of H-pyrrole nitrogens is 1. The van der Waals surface area contributed by atoms with Gasteiger partial charge in [-0.1, -0.05) is 0 Å². The summed E-state index contributed by atoms with van der Waals surface area (Å²) in [7, 11) is 0. The highest BCUT2D eigenvalue weighted by Gasteiger charge is 2.31. The van der Waals surface area contributed by atoms with E-state index in [4.69, 9.17) is 4.74 Å². The van der Waals surface area contributed by atoms with Gasteiger partial charge in [-0.3, -0.25) is 14.0 Å². The number of hydrogen-bond donors (Lipinski definition) is 3. The molecule has 9 nitrogen and oxygen atoms in total. The van der Waals surface area contributed by atoms with Gasteiger partial charge in [-0.15, -0.1) is 0 Å². The van der Waals surface area contributed by atoms with Crippen LogP contribution in [-0.2, 0) is 11.2 Å². The van der Waals surface area contributed by atoms with E-state index >= 15 is 0 Å². The number of amides is 1. The average molecular weight is 489 g/mol. The molecule has 0 bridgehead atoms. The van der Waals surface area contributed by atoms with Gasteiger partial charge in [0.2, 0.25) is 0 Å². The lowest BCUT2D eigenvalue weighted by Crippen LogP contribution is -2.39. The summed E-state index contributed by atoms with van der Waals surface area (Å²) in [6.45, 7) is 5.65. The molecule has 0 saturated carbocycles. The topological polar surface area (TPSA) is 120 Å². The lowest BCUT2D eigenvalue weighted by Gasteiger charge is -2.36. The zero-order chi connectivity index (χ0) is 25.1. The number of rotatable bonds is 2. The van der Waals surface area contributed by atoms with Gasteiger partial charge in [0.1, 0.15) is 11.3 Å². The summed E-state index contributed by atoms with van der Waals surface area (Å²) >= 11 is 0. The molecule has 4 aromatic rings. The van der Waals surface area contributed by atoms with Crippen LogP contribution in [0.5, 0.6) is 11.5 Å². The first kappa shape index (κ1) is 22.6. The molecule has 1 amide bonds. The number of imidazole rings is 1. The molecule has 3 N–H and O–H groups in total. The smallest absolute Gasteiger partial charge is 0.274 e. The Balaban J connectivity index is 1.43. The molecular weight excluding hydrogens is 460 g/mol. The summed E-state index contributed by atoms with van der Waals surface area (Å²) in [5.41, 5.74) is 4.71. The number of aromatic hydroxyl groups is 2. The van der Waals surface area contributed by atoms with E-state index in [1.165, 1.54) is 6.07 Å². The Morgan fingerprint density at radius 3 is 2.64 bits per heavy atom. The summed E-state index contributed by atoms with van der Waals surface area (Å²) in [5.74, 6) is 0.571. The van der Waals surface area contributed by atoms with Crippen LogP contribution in [0.4, 0.5) is 0 Å². The molecule has 9 heteroatoms. The molecule has 2 aromatic carbocycles. The number of fused-ring (bicyclic) bond motifs is 4. The van der Waals surface area contributed by atoms with E-state index in [-0.39, 0.29) is 34.9 Å². The van der Waals surface area contributed by atoms with Gasteiger partial charge in [-0.25, -0.2) is 4.98 Å². The van der Waals surface area contributed by atoms with E-state index in [0.717, 1.165) is 40.9 Å². The second-order valence-corrected chi connectivity index (χ2v) is 9.83. The SMILES string of the molecule is Cc1cc2c(cc1C(=O)N1CCc3cc(O)c(O)cc3C1C)[nH]c(=O)c1cnc(C3CCOCC3)n12. The molecule has 0 aliphatic carbocycles. The van der Waals surface area contributed by atoms with E-state index in [2.05, 4.69) is 9.97 Å². The van der Waals surface area contributed by atoms with E-state index in [1.807, 2.05) is 24.3 Å². The molecule has 1 fully saturated rings. The second-order valence-electron chi connectivity index (χ2n) is 9.83. The highest BCUT2D eigenvalue weighted by atomic mass is 16.5. The van der Waals surface area contributed by atoms with Gasteiger partial charge in [0.25, 0.3) is 11.5 Å². The maximum Gasteiger partial charge on any atom is 0.274 e. The zero-order valence-corrected chi connectivity index (χ0v) is 20.2. The van der Waals surface area contributed by atoms with Crippen LogP contribution >= 0.6 is 0 Å². The van der Waals surface area contributed by atoms with Gasteiger partial charge < -0.3 is 24.8 Å². The number of carbonyl (C=O) groups excluding carboxylic acids is 1. The Bertz CT molecular complexity index is 1580. The molecule has 4 heterocycles.